The lowest BCUT2D eigenvalue weighted by Gasteiger charge is -2.37. The lowest BCUT2D eigenvalue weighted by atomic mass is 9.74. The summed E-state index contributed by atoms with van der Waals surface area (Å²) in [4.78, 5) is 0. The van der Waals surface area contributed by atoms with Crippen molar-refractivity contribution in [2.75, 3.05) is 47.3 Å². The van der Waals surface area contributed by atoms with Crippen LogP contribution in [0.5, 0.6) is 5.75 Å². The zero-order valence-electron chi connectivity index (χ0n) is 13.3. The number of methoxy groups -OCH3 is 2. The molecule has 0 N–H and O–H groups in total. The zero-order valence-corrected chi connectivity index (χ0v) is 13.3. The Balaban J connectivity index is 1.96. The van der Waals surface area contributed by atoms with Gasteiger partial charge in [-0.2, -0.15) is 0 Å². The number of rotatable bonds is 5. The molecule has 0 saturated carbocycles. The van der Waals surface area contributed by atoms with Crippen molar-refractivity contribution in [1.82, 2.24) is 0 Å². The smallest absolute Gasteiger partial charge is 0.187 e. The van der Waals surface area contributed by atoms with E-state index in [1.807, 2.05) is 6.07 Å². The molecular formula is C17H24O5. The van der Waals surface area contributed by atoms with Crippen LogP contribution in [0.2, 0.25) is 0 Å². The van der Waals surface area contributed by atoms with E-state index in [1.54, 1.807) is 14.2 Å². The van der Waals surface area contributed by atoms with Gasteiger partial charge in [-0.05, 0) is 30.5 Å². The number of ether oxygens (including phenoxy) is 5. The van der Waals surface area contributed by atoms with Gasteiger partial charge >= 0.3 is 0 Å². The van der Waals surface area contributed by atoms with Gasteiger partial charge in [0.25, 0.3) is 0 Å². The molecule has 5 nitrogen and oxygen atoms in total. The Morgan fingerprint density at radius 2 is 1.82 bits per heavy atom. The molecule has 1 aromatic carbocycles. The fraction of sp³-hybridized carbons (Fsp3) is 0.647. The summed E-state index contributed by atoms with van der Waals surface area (Å²) in [5, 5.41) is 0. The van der Waals surface area contributed by atoms with E-state index in [0.29, 0.717) is 19.8 Å². The van der Waals surface area contributed by atoms with Crippen molar-refractivity contribution in [3.8, 4) is 5.75 Å². The van der Waals surface area contributed by atoms with Gasteiger partial charge in [-0.25, -0.2) is 0 Å². The highest BCUT2D eigenvalue weighted by molar-refractivity contribution is 5.41. The molecule has 2 aliphatic rings. The van der Waals surface area contributed by atoms with Gasteiger partial charge in [-0.3, -0.25) is 0 Å². The first-order valence-electron chi connectivity index (χ1n) is 7.77. The molecule has 0 spiro atoms. The van der Waals surface area contributed by atoms with Crippen LogP contribution in [-0.2, 0) is 24.4 Å². The molecule has 0 unspecified atom stereocenters. The van der Waals surface area contributed by atoms with E-state index in [4.69, 9.17) is 23.7 Å². The molecule has 2 saturated heterocycles. The van der Waals surface area contributed by atoms with Crippen LogP contribution in [0.4, 0.5) is 0 Å². The average molecular weight is 308 g/mol. The van der Waals surface area contributed by atoms with E-state index >= 15 is 0 Å². The second kappa shape index (κ2) is 6.96. The predicted molar refractivity (Wildman–Crippen MR) is 81.2 cm³/mol. The van der Waals surface area contributed by atoms with Crippen LogP contribution < -0.4 is 4.74 Å². The highest BCUT2D eigenvalue weighted by atomic mass is 16.7. The van der Waals surface area contributed by atoms with Gasteiger partial charge in [0.15, 0.2) is 6.29 Å². The van der Waals surface area contributed by atoms with Crippen LogP contribution in [0.15, 0.2) is 18.2 Å². The molecular weight excluding hydrogens is 284 g/mol. The summed E-state index contributed by atoms with van der Waals surface area (Å²) in [5.41, 5.74) is 2.19. The molecule has 22 heavy (non-hydrogen) atoms. The second-order valence-electron chi connectivity index (χ2n) is 5.86. The van der Waals surface area contributed by atoms with Crippen LogP contribution in [-0.4, -0.2) is 47.3 Å². The third-order valence-corrected chi connectivity index (χ3v) is 4.59. The molecule has 0 amide bonds. The minimum absolute atomic E-state index is 0.00732. The fourth-order valence-electron chi connectivity index (χ4n) is 3.34. The summed E-state index contributed by atoms with van der Waals surface area (Å²) in [5.74, 6) is 0.801. The molecule has 1 aromatic rings. The Bertz CT molecular complexity index is 484. The van der Waals surface area contributed by atoms with Crippen molar-refractivity contribution in [2.24, 2.45) is 0 Å². The first-order valence-corrected chi connectivity index (χ1v) is 7.77. The van der Waals surface area contributed by atoms with Gasteiger partial charge < -0.3 is 23.7 Å². The van der Waals surface area contributed by atoms with E-state index in [-0.39, 0.29) is 11.7 Å². The van der Waals surface area contributed by atoms with E-state index in [0.717, 1.165) is 37.4 Å². The Morgan fingerprint density at radius 3 is 2.45 bits per heavy atom. The topological polar surface area (TPSA) is 46.2 Å². The number of hydrogen-bond donors (Lipinski definition) is 0. The third-order valence-electron chi connectivity index (χ3n) is 4.59. The lowest BCUT2D eigenvalue weighted by Crippen LogP contribution is -2.38. The monoisotopic (exact) mass is 308 g/mol. The quantitative estimate of drug-likeness (QED) is 0.836. The first-order chi connectivity index (χ1) is 10.8. The predicted octanol–water partition coefficient (Wildman–Crippen LogP) is 2.44. The second-order valence-corrected chi connectivity index (χ2v) is 5.86. The SMILES string of the molecule is COCC1(c2ccc(OC)c(C3OCCO3)c2)CCOCC1. The van der Waals surface area contributed by atoms with Crippen molar-refractivity contribution < 1.29 is 23.7 Å². The molecule has 3 rings (SSSR count). The van der Waals surface area contributed by atoms with Crippen molar-refractivity contribution in [1.29, 1.82) is 0 Å². The molecule has 0 atom stereocenters. The van der Waals surface area contributed by atoms with Crippen LogP contribution >= 0.6 is 0 Å². The Labute approximate surface area is 131 Å². The van der Waals surface area contributed by atoms with Crippen LogP contribution in [0, 0.1) is 0 Å². The Hall–Kier alpha value is -1.14. The molecule has 2 aliphatic heterocycles. The normalized spacial score (nSPS) is 21.9. The van der Waals surface area contributed by atoms with E-state index in [2.05, 4.69) is 12.1 Å². The summed E-state index contributed by atoms with van der Waals surface area (Å²) in [7, 11) is 3.43. The largest absolute Gasteiger partial charge is 0.496 e. The molecule has 0 radical (unpaired) electrons. The minimum atomic E-state index is -0.339. The molecule has 0 bridgehead atoms. The Morgan fingerprint density at radius 1 is 1.09 bits per heavy atom. The molecule has 5 heteroatoms. The van der Waals surface area contributed by atoms with E-state index < -0.39 is 0 Å². The first kappa shape index (κ1) is 15.7. The van der Waals surface area contributed by atoms with Gasteiger partial charge in [0.2, 0.25) is 0 Å². The van der Waals surface area contributed by atoms with Gasteiger partial charge in [0, 0.05) is 31.3 Å². The maximum absolute atomic E-state index is 5.66. The Kier molecular flexibility index (Phi) is 4.98. The molecule has 0 aromatic heterocycles. The maximum atomic E-state index is 5.66. The van der Waals surface area contributed by atoms with Gasteiger partial charge in [0.1, 0.15) is 5.75 Å². The lowest BCUT2D eigenvalue weighted by molar-refractivity contribution is -0.0457. The summed E-state index contributed by atoms with van der Waals surface area (Å²) >= 11 is 0. The van der Waals surface area contributed by atoms with Crippen LogP contribution in [0.3, 0.4) is 0 Å². The van der Waals surface area contributed by atoms with E-state index in [1.165, 1.54) is 5.56 Å². The summed E-state index contributed by atoms with van der Waals surface area (Å²) < 4.78 is 27.8. The van der Waals surface area contributed by atoms with E-state index in [9.17, 15) is 0 Å². The molecule has 122 valence electrons. The van der Waals surface area contributed by atoms with Crippen LogP contribution in [0.1, 0.15) is 30.3 Å². The number of hydrogen-bond acceptors (Lipinski definition) is 5. The third kappa shape index (κ3) is 2.99. The average Bonchev–Trinajstić information content (AvgIpc) is 3.10. The molecule has 0 aliphatic carbocycles. The standard InChI is InChI=1S/C17H24O5/c1-18-12-17(5-7-20-8-6-17)13-3-4-15(19-2)14(11-13)16-21-9-10-22-16/h3-4,11,16H,5-10,12H2,1-2H3. The van der Waals surface area contributed by atoms with Crippen molar-refractivity contribution in [3.05, 3.63) is 29.3 Å². The van der Waals surface area contributed by atoms with Gasteiger partial charge in [-0.15, -0.1) is 0 Å². The molecule has 2 fully saturated rings. The van der Waals surface area contributed by atoms with Crippen molar-refractivity contribution >= 4 is 0 Å². The highest BCUT2D eigenvalue weighted by Crippen LogP contribution is 2.39. The summed E-state index contributed by atoms with van der Waals surface area (Å²) in [6.45, 7) is 3.46. The molecule has 2 heterocycles. The van der Waals surface area contributed by atoms with Crippen molar-refractivity contribution in [3.63, 3.8) is 0 Å². The summed E-state index contributed by atoms with van der Waals surface area (Å²) in [6, 6.07) is 6.28. The fourth-order valence-corrected chi connectivity index (χ4v) is 3.34. The van der Waals surface area contributed by atoms with Gasteiger partial charge in [-0.1, -0.05) is 6.07 Å². The highest BCUT2D eigenvalue weighted by Gasteiger charge is 2.36. The maximum Gasteiger partial charge on any atom is 0.187 e. The number of benzene rings is 1. The summed E-state index contributed by atoms with van der Waals surface area (Å²) in [6.07, 6.45) is 1.58. The van der Waals surface area contributed by atoms with Crippen LogP contribution in [0.25, 0.3) is 0 Å². The van der Waals surface area contributed by atoms with Gasteiger partial charge in [0.05, 0.1) is 26.9 Å². The zero-order chi connectivity index (χ0) is 15.4. The minimum Gasteiger partial charge on any atom is -0.496 e. The van der Waals surface area contributed by atoms with Crippen molar-refractivity contribution in [2.45, 2.75) is 24.5 Å².